The third kappa shape index (κ3) is 3.19. The van der Waals surface area contributed by atoms with E-state index in [1.165, 1.54) is 6.07 Å². The van der Waals surface area contributed by atoms with Crippen LogP contribution in [-0.4, -0.2) is 21.0 Å². The first kappa shape index (κ1) is 15.5. The van der Waals surface area contributed by atoms with Crippen molar-refractivity contribution in [1.29, 1.82) is 0 Å². The van der Waals surface area contributed by atoms with Crippen molar-refractivity contribution in [2.45, 2.75) is 13.5 Å². The molecule has 118 valence electrons. The molecule has 1 N–H and O–H groups in total. The minimum Gasteiger partial charge on any atom is -0.378 e. The fraction of sp³-hybridized carbons (Fsp3) is 0.188. The van der Waals surface area contributed by atoms with Gasteiger partial charge in [0.2, 0.25) is 0 Å². The van der Waals surface area contributed by atoms with Gasteiger partial charge in [-0.2, -0.15) is 0 Å². The number of halogens is 1. The number of imidazole rings is 1. The maximum atomic E-state index is 11.1. The molecule has 3 rings (SSSR count). The van der Waals surface area contributed by atoms with Crippen LogP contribution in [0.25, 0.3) is 11.0 Å². The number of nitro groups is 1. The van der Waals surface area contributed by atoms with E-state index in [1.807, 2.05) is 31.2 Å². The third-order valence-electron chi connectivity index (χ3n) is 3.65. The molecule has 0 unspecified atom stereocenters. The van der Waals surface area contributed by atoms with Gasteiger partial charge in [-0.25, -0.2) is 4.98 Å². The summed E-state index contributed by atoms with van der Waals surface area (Å²) in [6.07, 6.45) is 0. The van der Waals surface area contributed by atoms with Gasteiger partial charge in [0.1, 0.15) is 11.5 Å². The molecule has 0 saturated carbocycles. The summed E-state index contributed by atoms with van der Waals surface area (Å²) in [5, 5.41) is 14.3. The molecular formula is C16H15BrN4O2. The highest BCUT2D eigenvalue weighted by molar-refractivity contribution is 9.10. The van der Waals surface area contributed by atoms with Crippen LogP contribution in [0.15, 0.2) is 46.9 Å². The average molecular weight is 375 g/mol. The first-order valence-electron chi connectivity index (χ1n) is 7.16. The molecule has 0 aliphatic carbocycles. The quantitative estimate of drug-likeness (QED) is 0.538. The van der Waals surface area contributed by atoms with E-state index in [-0.39, 0.29) is 10.6 Å². The number of aromatic nitrogens is 2. The van der Waals surface area contributed by atoms with Crippen molar-refractivity contribution in [3.05, 3.63) is 62.9 Å². The Morgan fingerprint density at radius 1 is 1.30 bits per heavy atom. The Morgan fingerprint density at radius 2 is 2.09 bits per heavy atom. The van der Waals surface area contributed by atoms with E-state index in [1.54, 1.807) is 12.1 Å². The summed E-state index contributed by atoms with van der Waals surface area (Å²) in [4.78, 5) is 15.3. The van der Waals surface area contributed by atoms with Crippen molar-refractivity contribution in [3.8, 4) is 0 Å². The molecule has 0 aliphatic rings. The summed E-state index contributed by atoms with van der Waals surface area (Å²) in [6, 6.07) is 12.9. The van der Waals surface area contributed by atoms with Crippen LogP contribution >= 0.6 is 15.9 Å². The van der Waals surface area contributed by atoms with Gasteiger partial charge in [0.05, 0.1) is 16.0 Å². The highest BCUT2D eigenvalue weighted by Crippen LogP contribution is 2.27. The normalized spacial score (nSPS) is 10.9. The second kappa shape index (κ2) is 6.37. The Hall–Kier alpha value is -2.41. The third-order valence-corrected chi connectivity index (χ3v) is 4.15. The fourth-order valence-electron chi connectivity index (χ4n) is 2.59. The van der Waals surface area contributed by atoms with E-state index in [4.69, 9.17) is 0 Å². The molecule has 0 radical (unpaired) electrons. The molecule has 0 amide bonds. The monoisotopic (exact) mass is 374 g/mol. The number of rotatable bonds is 5. The van der Waals surface area contributed by atoms with E-state index in [0.29, 0.717) is 23.2 Å². The molecule has 23 heavy (non-hydrogen) atoms. The molecule has 0 fully saturated rings. The second-order valence-electron chi connectivity index (χ2n) is 5.14. The number of nitro benzene ring substituents is 1. The lowest BCUT2D eigenvalue weighted by atomic mass is 10.2. The summed E-state index contributed by atoms with van der Waals surface area (Å²) < 4.78 is 2.79. The van der Waals surface area contributed by atoms with Gasteiger partial charge in [-0.3, -0.25) is 10.1 Å². The highest BCUT2D eigenvalue weighted by Gasteiger charge is 2.14. The molecule has 0 bridgehead atoms. The van der Waals surface area contributed by atoms with Crippen molar-refractivity contribution in [2.24, 2.45) is 0 Å². The largest absolute Gasteiger partial charge is 0.378 e. The van der Waals surface area contributed by atoms with E-state index < -0.39 is 0 Å². The van der Waals surface area contributed by atoms with Crippen LogP contribution in [0, 0.1) is 17.0 Å². The van der Waals surface area contributed by atoms with Gasteiger partial charge in [0, 0.05) is 23.6 Å². The van der Waals surface area contributed by atoms with Gasteiger partial charge in [-0.05, 0) is 31.2 Å². The predicted octanol–water partition coefficient (Wildman–Crippen LogP) is 4.13. The van der Waals surface area contributed by atoms with Crippen molar-refractivity contribution >= 4 is 38.3 Å². The smallest absolute Gasteiger partial charge is 0.293 e. The molecule has 0 saturated heterocycles. The Kier molecular flexibility index (Phi) is 4.29. The molecule has 7 heteroatoms. The Labute approximate surface area is 141 Å². The van der Waals surface area contributed by atoms with E-state index in [2.05, 4.69) is 30.8 Å². The number of hydrogen-bond donors (Lipinski definition) is 1. The van der Waals surface area contributed by atoms with E-state index in [9.17, 15) is 10.1 Å². The Bertz CT molecular complexity index is 876. The van der Waals surface area contributed by atoms with Gasteiger partial charge in [-0.1, -0.05) is 28.1 Å². The Balaban J connectivity index is 1.77. The van der Waals surface area contributed by atoms with Crippen LogP contribution in [0.1, 0.15) is 5.82 Å². The molecular weight excluding hydrogens is 360 g/mol. The van der Waals surface area contributed by atoms with Gasteiger partial charge >= 0.3 is 0 Å². The van der Waals surface area contributed by atoms with Gasteiger partial charge < -0.3 is 9.88 Å². The van der Waals surface area contributed by atoms with Crippen LogP contribution in [0.5, 0.6) is 0 Å². The molecule has 1 aromatic heterocycles. The maximum absolute atomic E-state index is 11.1. The Morgan fingerprint density at radius 3 is 2.87 bits per heavy atom. The molecule has 0 atom stereocenters. The lowest BCUT2D eigenvalue weighted by Crippen LogP contribution is -2.12. The molecule has 3 aromatic rings. The van der Waals surface area contributed by atoms with Crippen LogP contribution in [0.2, 0.25) is 0 Å². The maximum Gasteiger partial charge on any atom is 0.293 e. The summed E-state index contributed by atoms with van der Waals surface area (Å²) in [7, 11) is 0. The minimum atomic E-state index is -0.384. The van der Waals surface area contributed by atoms with Gasteiger partial charge in [0.25, 0.3) is 5.69 Å². The molecule has 0 spiro atoms. The zero-order chi connectivity index (χ0) is 16.4. The van der Waals surface area contributed by atoms with Gasteiger partial charge in [-0.15, -0.1) is 0 Å². The number of nitrogens with zero attached hydrogens (tertiary/aromatic N) is 3. The number of anilines is 1. The second-order valence-corrected chi connectivity index (χ2v) is 6.06. The zero-order valence-electron chi connectivity index (χ0n) is 12.5. The van der Waals surface area contributed by atoms with Crippen LogP contribution in [-0.2, 0) is 6.54 Å². The standard InChI is InChI=1S/C16H15BrN4O2/c1-11-19-14-4-2-3-5-15(14)20(11)9-8-18-13-7-6-12(17)10-16(13)21(22)23/h2-7,10,18H,8-9H2,1H3. The number of aryl methyl sites for hydroxylation is 1. The molecule has 6 nitrogen and oxygen atoms in total. The van der Waals surface area contributed by atoms with Crippen LogP contribution in [0.3, 0.4) is 0 Å². The lowest BCUT2D eigenvalue weighted by molar-refractivity contribution is -0.384. The van der Waals surface area contributed by atoms with Crippen molar-refractivity contribution in [3.63, 3.8) is 0 Å². The molecule has 1 heterocycles. The molecule has 0 aliphatic heterocycles. The van der Waals surface area contributed by atoms with Crippen LogP contribution in [0.4, 0.5) is 11.4 Å². The van der Waals surface area contributed by atoms with Crippen molar-refractivity contribution in [1.82, 2.24) is 9.55 Å². The lowest BCUT2D eigenvalue weighted by Gasteiger charge is -2.10. The number of hydrogen-bond acceptors (Lipinski definition) is 4. The van der Waals surface area contributed by atoms with E-state index in [0.717, 1.165) is 16.9 Å². The van der Waals surface area contributed by atoms with Crippen molar-refractivity contribution in [2.75, 3.05) is 11.9 Å². The first-order chi connectivity index (χ1) is 11.1. The number of para-hydroxylation sites is 2. The topological polar surface area (TPSA) is 73.0 Å². The summed E-state index contributed by atoms with van der Waals surface area (Å²) in [6.45, 7) is 3.21. The average Bonchev–Trinajstić information content (AvgIpc) is 2.84. The number of nitrogens with one attached hydrogen (secondary N) is 1. The summed E-state index contributed by atoms with van der Waals surface area (Å²) in [5.74, 6) is 0.929. The SMILES string of the molecule is Cc1nc2ccccc2n1CCNc1ccc(Br)cc1[N+](=O)[O-]. The number of fused-ring (bicyclic) bond motifs is 1. The van der Waals surface area contributed by atoms with E-state index >= 15 is 0 Å². The van der Waals surface area contributed by atoms with Gasteiger partial charge in [0.15, 0.2) is 0 Å². The molecule has 2 aromatic carbocycles. The zero-order valence-corrected chi connectivity index (χ0v) is 14.1. The van der Waals surface area contributed by atoms with Crippen molar-refractivity contribution < 1.29 is 4.92 Å². The number of benzene rings is 2. The first-order valence-corrected chi connectivity index (χ1v) is 7.95. The highest BCUT2D eigenvalue weighted by atomic mass is 79.9. The fourth-order valence-corrected chi connectivity index (χ4v) is 2.93. The predicted molar refractivity (Wildman–Crippen MR) is 93.8 cm³/mol. The van der Waals surface area contributed by atoms with Crippen LogP contribution < -0.4 is 5.32 Å². The minimum absolute atomic E-state index is 0.0617. The summed E-state index contributed by atoms with van der Waals surface area (Å²) in [5.41, 5.74) is 2.60. The summed E-state index contributed by atoms with van der Waals surface area (Å²) >= 11 is 3.26.